The third-order valence-corrected chi connectivity index (χ3v) is 5.35. The van der Waals surface area contributed by atoms with Crippen molar-refractivity contribution >= 4 is 17.1 Å². The molecule has 7 heteroatoms. The molecule has 2 heterocycles. The molecule has 0 fully saturated rings. The van der Waals surface area contributed by atoms with Crippen LogP contribution in [0.5, 0.6) is 0 Å². The lowest BCUT2D eigenvalue weighted by molar-refractivity contribution is 0.0496. The average molecular weight is 396 g/mol. The molecule has 2 aromatic heterocycles. The lowest BCUT2D eigenvalue weighted by Gasteiger charge is -2.11. The van der Waals surface area contributed by atoms with Crippen LogP contribution in [0, 0.1) is 5.92 Å². The maximum absolute atomic E-state index is 12.2. The first-order chi connectivity index (χ1) is 14.2. The quantitative estimate of drug-likeness (QED) is 0.384. The fraction of sp³-hybridized carbons (Fsp3) is 0.500. The molecule has 1 aromatic carbocycles. The minimum Gasteiger partial charge on any atom is -0.462 e. The van der Waals surface area contributed by atoms with Crippen LogP contribution < -0.4 is 0 Å². The highest BCUT2D eigenvalue weighted by atomic mass is 16.5. The van der Waals surface area contributed by atoms with Crippen LogP contribution >= 0.6 is 0 Å². The van der Waals surface area contributed by atoms with E-state index in [9.17, 15) is 4.79 Å². The van der Waals surface area contributed by atoms with Crippen LogP contribution in [0.4, 0.5) is 0 Å². The van der Waals surface area contributed by atoms with E-state index < -0.39 is 0 Å². The summed E-state index contributed by atoms with van der Waals surface area (Å²) in [6, 6.07) is 7.56. The van der Waals surface area contributed by atoms with Crippen LogP contribution in [0.1, 0.15) is 67.7 Å². The number of rotatable bonds is 11. The van der Waals surface area contributed by atoms with Crippen LogP contribution in [0.3, 0.4) is 0 Å². The Labute approximate surface area is 171 Å². The minimum atomic E-state index is -0.251. The van der Waals surface area contributed by atoms with Gasteiger partial charge in [-0.3, -0.25) is 0 Å². The Hall–Kier alpha value is -2.83. The molecule has 0 unspecified atom stereocenters. The topological polar surface area (TPSA) is 93.7 Å². The zero-order valence-electron chi connectivity index (χ0n) is 17.2. The Bertz CT molecular complexity index is 903. The number of hydrogen-bond acceptors (Lipinski definition) is 6. The van der Waals surface area contributed by atoms with E-state index in [1.54, 1.807) is 6.20 Å². The van der Waals surface area contributed by atoms with Gasteiger partial charge in [0.25, 0.3) is 0 Å². The van der Waals surface area contributed by atoms with Crippen LogP contribution in [0.15, 0.2) is 30.5 Å². The second-order valence-electron chi connectivity index (χ2n) is 7.33. The molecule has 0 spiro atoms. The number of H-pyrrole nitrogens is 1. The Morgan fingerprint density at radius 1 is 1.07 bits per heavy atom. The number of unbranched alkanes of at least 4 members (excludes halogenated alkanes) is 1. The predicted molar refractivity (Wildman–Crippen MR) is 112 cm³/mol. The lowest BCUT2D eigenvalue weighted by atomic mass is 9.97. The Morgan fingerprint density at radius 3 is 2.62 bits per heavy atom. The summed E-state index contributed by atoms with van der Waals surface area (Å²) in [4.78, 5) is 20.9. The lowest BCUT2D eigenvalue weighted by Crippen LogP contribution is -2.07. The van der Waals surface area contributed by atoms with Crippen molar-refractivity contribution in [2.24, 2.45) is 5.92 Å². The molecular weight excluding hydrogens is 366 g/mol. The number of carbonyl (C=O) groups is 1. The number of aryl methyl sites for hydroxylation is 2. The van der Waals surface area contributed by atoms with Gasteiger partial charge >= 0.3 is 5.97 Å². The third kappa shape index (κ3) is 6.07. The molecule has 0 saturated heterocycles. The summed E-state index contributed by atoms with van der Waals surface area (Å²) in [6.07, 6.45) is 8.86. The Kier molecular flexibility index (Phi) is 7.67. The average Bonchev–Trinajstić information content (AvgIpc) is 3.23. The standard InChI is InChI=1S/C22H29N5O2/c1-3-16(4-2)7-5-6-14-29-22(28)18-11-8-17(9-12-18)10-13-20-23-15-19-21(24-20)26-27-25-19/h8-9,11-12,15-16H,3-7,10,13-14H2,1-2H3,(H,23,24,25,26,27). The fourth-order valence-corrected chi connectivity index (χ4v) is 3.35. The normalized spacial score (nSPS) is 11.3. The molecule has 1 N–H and O–H groups in total. The van der Waals surface area contributed by atoms with E-state index in [0.29, 0.717) is 29.8 Å². The van der Waals surface area contributed by atoms with Crippen LogP contribution in [0.2, 0.25) is 0 Å². The molecule has 0 radical (unpaired) electrons. The van der Waals surface area contributed by atoms with Gasteiger partial charge in [-0.15, -0.1) is 5.10 Å². The van der Waals surface area contributed by atoms with Crippen LogP contribution in [-0.4, -0.2) is 38.0 Å². The van der Waals surface area contributed by atoms with Crippen molar-refractivity contribution in [2.75, 3.05) is 6.61 Å². The molecule has 7 nitrogen and oxygen atoms in total. The number of aromatic nitrogens is 5. The summed E-state index contributed by atoms with van der Waals surface area (Å²) in [5.41, 5.74) is 2.95. The van der Waals surface area contributed by atoms with Crippen LogP contribution in [0.25, 0.3) is 11.2 Å². The third-order valence-electron chi connectivity index (χ3n) is 5.35. The Balaban J connectivity index is 1.41. The van der Waals surface area contributed by atoms with Gasteiger partial charge in [-0.2, -0.15) is 10.3 Å². The zero-order valence-corrected chi connectivity index (χ0v) is 17.2. The van der Waals surface area contributed by atoms with Gasteiger partial charge in [0.1, 0.15) is 11.3 Å². The van der Waals surface area contributed by atoms with Gasteiger partial charge in [0.15, 0.2) is 0 Å². The highest BCUT2D eigenvalue weighted by molar-refractivity contribution is 5.89. The van der Waals surface area contributed by atoms with Crippen LogP contribution in [-0.2, 0) is 17.6 Å². The van der Waals surface area contributed by atoms with E-state index in [0.717, 1.165) is 36.6 Å². The second kappa shape index (κ2) is 10.6. The van der Waals surface area contributed by atoms with Gasteiger partial charge in [0, 0.05) is 6.42 Å². The summed E-state index contributed by atoms with van der Waals surface area (Å²) in [5.74, 6) is 1.27. The molecule has 29 heavy (non-hydrogen) atoms. The van der Waals surface area contributed by atoms with E-state index in [2.05, 4.69) is 39.2 Å². The number of fused-ring (bicyclic) bond motifs is 1. The van der Waals surface area contributed by atoms with E-state index >= 15 is 0 Å². The van der Waals surface area contributed by atoms with Crippen molar-refractivity contribution in [3.8, 4) is 0 Å². The number of benzene rings is 1. The molecular formula is C22H29N5O2. The molecule has 0 bridgehead atoms. The fourth-order valence-electron chi connectivity index (χ4n) is 3.35. The van der Waals surface area contributed by atoms with Crippen molar-refractivity contribution in [1.29, 1.82) is 0 Å². The van der Waals surface area contributed by atoms with Crippen molar-refractivity contribution in [3.63, 3.8) is 0 Å². The van der Waals surface area contributed by atoms with E-state index in [-0.39, 0.29) is 5.97 Å². The van der Waals surface area contributed by atoms with Crippen molar-refractivity contribution in [2.45, 2.75) is 58.8 Å². The molecule has 0 saturated carbocycles. The van der Waals surface area contributed by atoms with Crippen molar-refractivity contribution in [3.05, 3.63) is 47.4 Å². The van der Waals surface area contributed by atoms with Gasteiger partial charge in [-0.1, -0.05) is 45.2 Å². The maximum Gasteiger partial charge on any atom is 0.338 e. The van der Waals surface area contributed by atoms with E-state index in [1.165, 1.54) is 19.3 Å². The SMILES string of the molecule is CCC(CC)CCCCOC(=O)c1ccc(CCc2ncc3n[nH]nc3n2)cc1. The summed E-state index contributed by atoms with van der Waals surface area (Å²) in [5, 5.41) is 10.5. The molecule has 0 aliphatic heterocycles. The molecule has 0 aliphatic carbocycles. The highest BCUT2D eigenvalue weighted by Gasteiger charge is 2.09. The molecule has 154 valence electrons. The molecule has 0 atom stereocenters. The van der Waals surface area contributed by atoms with E-state index in [4.69, 9.17) is 4.74 Å². The maximum atomic E-state index is 12.2. The molecule has 3 rings (SSSR count). The number of aromatic amines is 1. The Morgan fingerprint density at radius 2 is 1.86 bits per heavy atom. The smallest absolute Gasteiger partial charge is 0.338 e. The number of nitrogens with zero attached hydrogens (tertiary/aromatic N) is 4. The highest BCUT2D eigenvalue weighted by Crippen LogP contribution is 2.16. The summed E-state index contributed by atoms with van der Waals surface area (Å²) in [7, 11) is 0. The summed E-state index contributed by atoms with van der Waals surface area (Å²) in [6.45, 7) is 4.96. The summed E-state index contributed by atoms with van der Waals surface area (Å²) < 4.78 is 5.40. The second-order valence-corrected chi connectivity index (χ2v) is 7.33. The molecule has 0 amide bonds. The molecule has 3 aromatic rings. The van der Waals surface area contributed by atoms with Crippen molar-refractivity contribution in [1.82, 2.24) is 25.4 Å². The molecule has 0 aliphatic rings. The number of ether oxygens (including phenoxy) is 1. The minimum absolute atomic E-state index is 0.251. The number of carbonyl (C=O) groups excluding carboxylic acids is 1. The van der Waals surface area contributed by atoms with Gasteiger partial charge in [0.05, 0.1) is 18.4 Å². The zero-order chi connectivity index (χ0) is 20.5. The predicted octanol–water partition coefficient (Wildman–Crippen LogP) is 4.30. The first-order valence-corrected chi connectivity index (χ1v) is 10.5. The summed E-state index contributed by atoms with van der Waals surface area (Å²) >= 11 is 0. The van der Waals surface area contributed by atoms with Gasteiger partial charge in [-0.05, 0) is 42.9 Å². The number of esters is 1. The number of hydrogen-bond donors (Lipinski definition) is 1. The monoisotopic (exact) mass is 395 g/mol. The first-order valence-electron chi connectivity index (χ1n) is 10.5. The van der Waals surface area contributed by atoms with Crippen molar-refractivity contribution < 1.29 is 9.53 Å². The van der Waals surface area contributed by atoms with Gasteiger partial charge < -0.3 is 4.74 Å². The first kappa shape index (κ1) is 20.9. The number of nitrogens with one attached hydrogen (secondary N) is 1. The van der Waals surface area contributed by atoms with Gasteiger partial charge in [-0.25, -0.2) is 14.8 Å². The van der Waals surface area contributed by atoms with Gasteiger partial charge in [0.2, 0.25) is 5.65 Å². The van der Waals surface area contributed by atoms with E-state index in [1.807, 2.05) is 24.3 Å². The largest absolute Gasteiger partial charge is 0.462 e.